The first-order valence-electron chi connectivity index (χ1n) is 6.28. The summed E-state index contributed by atoms with van der Waals surface area (Å²) in [6.07, 6.45) is 2.15. The first-order valence-corrected chi connectivity index (χ1v) is 9.10. The molecule has 0 bridgehead atoms. The van der Waals surface area contributed by atoms with Gasteiger partial charge in [0, 0.05) is 23.4 Å². The zero-order chi connectivity index (χ0) is 15.7. The minimum Gasteiger partial charge on any atom is -0.693 e. The molecule has 0 saturated carbocycles. The molecule has 0 radical (unpaired) electrons. The average Bonchev–Trinajstić information content (AvgIpc) is 2.57. The molecule has 3 aromatic rings. The normalized spacial score (nSPS) is 7.84. The van der Waals surface area contributed by atoms with Crippen molar-refractivity contribution in [1.29, 1.82) is 0 Å². The van der Waals surface area contributed by atoms with Crippen molar-refractivity contribution in [3.63, 3.8) is 0 Å². The Kier molecular flexibility index (Phi) is 21.6. The number of carboxylic acid groups (broad SMARTS) is 1. The number of aromatic nitrogens is 1. The van der Waals surface area contributed by atoms with Crippen LogP contribution in [0.1, 0.15) is 20.8 Å². The first kappa shape index (κ1) is 31.2. The van der Waals surface area contributed by atoms with Crippen LogP contribution < -0.4 is 0 Å². The summed E-state index contributed by atoms with van der Waals surface area (Å²) in [7, 11) is 4.61. The van der Waals surface area contributed by atoms with E-state index in [1.165, 1.54) is 16.2 Å². The van der Waals surface area contributed by atoms with Gasteiger partial charge in [-0.05, 0) is 11.5 Å². The van der Waals surface area contributed by atoms with Crippen LogP contribution in [0.15, 0.2) is 54.7 Å². The van der Waals surface area contributed by atoms with Crippen molar-refractivity contribution in [3.05, 3.63) is 67.0 Å². The summed E-state index contributed by atoms with van der Waals surface area (Å²) in [6, 6.07) is 16.6. The summed E-state index contributed by atoms with van der Waals surface area (Å²) in [5, 5.41) is 11.4. The Labute approximate surface area is 163 Å². The van der Waals surface area contributed by atoms with Crippen LogP contribution in [-0.4, -0.2) is 21.5 Å². The topological polar surface area (TPSA) is 149 Å². The molecule has 0 fully saturated rings. The fraction of sp³-hybridized carbons (Fsp3) is 0.176. The number of hydrogen-bond donors (Lipinski definition) is 1. The molecule has 8 heteroatoms. The van der Waals surface area contributed by atoms with Gasteiger partial charge in [0.15, 0.2) is 0 Å². The summed E-state index contributed by atoms with van der Waals surface area (Å²) in [5.74, 6) is -0.745. The number of carbonyl (C=O) groups is 1. The van der Waals surface area contributed by atoms with Gasteiger partial charge in [-0.25, -0.2) is 0 Å². The van der Waals surface area contributed by atoms with Crippen molar-refractivity contribution in [1.82, 2.24) is 4.98 Å². The van der Waals surface area contributed by atoms with Gasteiger partial charge in [0.25, 0.3) is 0 Å². The molecule has 0 aliphatic rings. The second kappa shape index (κ2) is 17.3. The second-order valence-electron chi connectivity index (χ2n) is 4.11. The molecule has 1 heterocycles. The van der Waals surface area contributed by atoms with Crippen LogP contribution in [0.4, 0.5) is 0 Å². The minimum absolute atomic E-state index is 0. The second-order valence-corrected chi connectivity index (χ2v) is 4.11. The molecule has 25 heavy (non-hydrogen) atoms. The summed E-state index contributed by atoms with van der Waals surface area (Å²) < 4.78 is 0. The summed E-state index contributed by atoms with van der Waals surface area (Å²) in [6.45, 7) is 1.60. The van der Waals surface area contributed by atoms with E-state index in [9.17, 15) is 4.79 Å². The number of nitrogens with zero attached hydrogens (tertiary/aromatic N) is 1. The number of hydrogen-bond acceptors (Lipinski definition) is 2. The molecular formula is C17H25ClN3O3Pt-2. The first-order chi connectivity index (χ1) is 10.2. The number of carboxylic acids is 1. The molecule has 0 amide bonds. The largest absolute Gasteiger partial charge is 0.693 e. The number of halogens is 1. The van der Waals surface area contributed by atoms with E-state index in [0.717, 1.165) is 5.52 Å². The Bertz CT molecular complexity index is 675. The minimum atomic E-state index is -0.745. The number of nitrogens with two attached hydrogens (primary N) is 2. The van der Waals surface area contributed by atoms with Crippen LogP contribution in [0.5, 0.6) is 0 Å². The third-order valence-corrected chi connectivity index (χ3v) is 2.80. The Hall–Kier alpha value is -1.56. The maximum absolute atomic E-state index is 9.37. The van der Waals surface area contributed by atoms with Gasteiger partial charge in [0.05, 0.1) is 5.52 Å². The van der Waals surface area contributed by atoms with Crippen LogP contribution in [0.2, 0.25) is 0 Å². The van der Waals surface area contributed by atoms with E-state index >= 15 is 0 Å². The number of pyridine rings is 1. The van der Waals surface area contributed by atoms with E-state index < -0.39 is 5.97 Å². The molecule has 7 N–H and O–H groups in total. The number of fused-ring (bicyclic) bond motifs is 3. The van der Waals surface area contributed by atoms with Crippen molar-refractivity contribution < 1.29 is 34.2 Å². The number of aliphatic carboxylic acids is 1. The van der Waals surface area contributed by atoms with Crippen LogP contribution in [0.3, 0.4) is 0 Å². The van der Waals surface area contributed by atoms with Gasteiger partial charge in [-0.3, -0.25) is 9.78 Å². The molecule has 3 rings (SSSR count). The van der Waals surface area contributed by atoms with E-state index in [4.69, 9.17) is 5.11 Å². The molecule has 0 aliphatic carbocycles. The van der Waals surface area contributed by atoms with E-state index in [1.54, 1.807) is 25.7 Å². The number of rotatable bonds is 1. The molecule has 0 saturated heterocycles. The third-order valence-electron chi connectivity index (χ3n) is 2.80. The number of para-hydroxylation sites is 1. The average molecular weight is 550 g/mol. The van der Waals surface area contributed by atoms with Crippen LogP contribution >= 0.6 is 9.42 Å². The Balaban J connectivity index is -0.000000178. The summed E-state index contributed by atoms with van der Waals surface area (Å²) >= 11 is 1.61. The Morgan fingerprint density at radius 2 is 1.48 bits per heavy atom. The van der Waals surface area contributed by atoms with Crippen molar-refractivity contribution >= 4 is 37.1 Å². The Morgan fingerprint density at radius 3 is 2.00 bits per heavy atom. The molecule has 6 nitrogen and oxygen atoms in total. The van der Waals surface area contributed by atoms with Crippen LogP contribution in [-0.2, 0) is 23.6 Å². The van der Waals surface area contributed by atoms with Gasteiger partial charge in [-0.1, -0.05) is 56.8 Å². The maximum Gasteiger partial charge on any atom is 0.0708 e. The van der Waals surface area contributed by atoms with Crippen molar-refractivity contribution in [3.8, 4) is 0 Å². The zero-order valence-corrected chi connectivity index (χ0v) is 16.1. The molecule has 0 unspecified atom stereocenters. The predicted octanol–water partition coefficient (Wildman–Crippen LogP) is 5.80. The fourth-order valence-electron chi connectivity index (χ4n) is 1.81. The SMILES string of the molecule is C.CCC(=O)O.O.[Cl][Pt].[NH2-].[NH2-].c1ccc2c(c1)cnc1ccccc12. The summed E-state index contributed by atoms with van der Waals surface area (Å²) in [5.41, 5.74) is 1.06. The van der Waals surface area contributed by atoms with E-state index in [2.05, 4.69) is 44.7 Å². The summed E-state index contributed by atoms with van der Waals surface area (Å²) in [4.78, 5) is 13.8. The molecule has 0 spiro atoms. The molecule has 1 aromatic heterocycles. The van der Waals surface area contributed by atoms with Crippen molar-refractivity contribution in [2.75, 3.05) is 0 Å². The van der Waals surface area contributed by atoms with E-state index in [-0.39, 0.29) is 31.6 Å². The smallest absolute Gasteiger partial charge is 0.0708 e. The van der Waals surface area contributed by atoms with Crippen molar-refractivity contribution in [2.45, 2.75) is 20.8 Å². The molecule has 0 aliphatic heterocycles. The van der Waals surface area contributed by atoms with Gasteiger partial charge >= 0.3 is 34.2 Å². The molecular weight excluding hydrogens is 525 g/mol. The van der Waals surface area contributed by atoms with E-state index in [1.807, 2.05) is 24.4 Å². The molecule has 0 atom stereocenters. The van der Waals surface area contributed by atoms with Gasteiger partial charge in [-0.15, -0.1) is 0 Å². The predicted molar refractivity (Wildman–Crippen MR) is 104 cm³/mol. The number of benzene rings is 2. The van der Waals surface area contributed by atoms with Crippen LogP contribution in [0, 0.1) is 0 Å². The fourth-order valence-corrected chi connectivity index (χ4v) is 1.81. The quantitative estimate of drug-likeness (QED) is 0.382. The van der Waals surface area contributed by atoms with Gasteiger partial charge in [0.2, 0.25) is 0 Å². The van der Waals surface area contributed by atoms with Crippen molar-refractivity contribution in [2.24, 2.45) is 0 Å². The maximum atomic E-state index is 9.37. The third kappa shape index (κ3) is 9.48. The zero-order valence-electron chi connectivity index (χ0n) is 13.1. The van der Waals surface area contributed by atoms with Gasteiger partial charge in [-0.2, -0.15) is 0 Å². The van der Waals surface area contributed by atoms with Gasteiger partial charge < -0.3 is 22.9 Å². The monoisotopic (exact) mass is 549 g/mol. The standard InChI is InChI=1S/C13H9N.C3H6O2.CH4.ClH.2H2N.H2O.Pt/c1-2-6-11-10(5-1)9-14-13-8-4-3-7-12(11)13;1-2-3(4)5;;;;;;/h1-9H;2H2,1H3,(H,4,5);1H4;1H;3*1H2;/q;;;;2*-1;;+1/p-1. The molecule has 2 aromatic carbocycles. The van der Waals surface area contributed by atoms with Crippen LogP contribution in [0.25, 0.3) is 34.0 Å². The molecule has 145 valence electrons. The van der Waals surface area contributed by atoms with E-state index in [0.29, 0.717) is 0 Å². The van der Waals surface area contributed by atoms with Gasteiger partial charge in [0.1, 0.15) is 0 Å². The Morgan fingerprint density at radius 1 is 1.04 bits per heavy atom.